The van der Waals surface area contributed by atoms with E-state index in [1.807, 2.05) is 30.3 Å². The highest BCUT2D eigenvalue weighted by Crippen LogP contribution is 2.22. The number of rotatable bonds is 10. The van der Waals surface area contributed by atoms with Crippen LogP contribution >= 0.6 is 11.8 Å². The number of anilines is 2. The van der Waals surface area contributed by atoms with Crippen LogP contribution in [0.3, 0.4) is 0 Å². The number of nitrogens with one attached hydrogen (secondary N) is 3. The molecule has 0 aliphatic rings. The number of hydrogen-bond donors (Lipinski definition) is 3. The van der Waals surface area contributed by atoms with E-state index in [4.69, 9.17) is 4.74 Å². The zero-order valence-electron chi connectivity index (χ0n) is 17.7. The van der Waals surface area contributed by atoms with E-state index in [1.54, 1.807) is 0 Å². The standard InChI is InChI=1S/C22H22F2N4O4S/c1-32-10-9-28-20(26-18(29)13-33-15-7-8-16(23)17(24)11-15)19(21(30)27-22(28)31)25-12-14-5-3-2-4-6-14/h2-8,11,25H,9-10,12-13H2,1H3,(H,26,29)(H,27,30,31). The van der Waals surface area contributed by atoms with Crippen molar-refractivity contribution in [1.29, 1.82) is 0 Å². The maximum Gasteiger partial charge on any atom is 0.330 e. The molecule has 0 fully saturated rings. The molecule has 11 heteroatoms. The average molecular weight is 477 g/mol. The van der Waals surface area contributed by atoms with Crippen LogP contribution in [-0.4, -0.2) is 34.9 Å². The first-order valence-electron chi connectivity index (χ1n) is 9.90. The Morgan fingerprint density at radius 2 is 1.88 bits per heavy atom. The number of nitrogens with zero attached hydrogens (tertiary/aromatic N) is 1. The van der Waals surface area contributed by atoms with Gasteiger partial charge in [-0.1, -0.05) is 30.3 Å². The molecule has 0 spiro atoms. The van der Waals surface area contributed by atoms with Gasteiger partial charge < -0.3 is 15.4 Å². The first-order chi connectivity index (χ1) is 15.9. The molecule has 1 amide bonds. The normalized spacial score (nSPS) is 10.8. The second-order valence-electron chi connectivity index (χ2n) is 6.88. The molecule has 3 N–H and O–H groups in total. The summed E-state index contributed by atoms with van der Waals surface area (Å²) >= 11 is 0.982. The van der Waals surface area contributed by atoms with Crippen molar-refractivity contribution in [3.8, 4) is 0 Å². The van der Waals surface area contributed by atoms with E-state index >= 15 is 0 Å². The van der Waals surface area contributed by atoms with Crippen molar-refractivity contribution in [1.82, 2.24) is 9.55 Å². The lowest BCUT2D eigenvalue weighted by Crippen LogP contribution is -2.36. The van der Waals surface area contributed by atoms with E-state index in [2.05, 4.69) is 15.6 Å². The summed E-state index contributed by atoms with van der Waals surface area (Å²) in [5.41, 5.74) is -0.488. The Bertz CT molecular complexity index is 1230. The lowest BCUT2D eigenvalue weighted by molar-refractivity contribution is -0.113. The van der Waals surface area contributed by atoms with Gasteiger partial charge in [0.25, 0.3) is 5.56 Å². The number of carbonyl (C=O) groups is 1. The fourth-order valence-corrected chi connectivity index (χ4v) is 3.65. The molecule has 0 aliphatic carbocycles. The largest absolute Gasteiger partial charge is 0.383 e. The number of aromatic amines is 1. The Morgan fingerprint density at radius 3 is 2.58 bits per heavy atom. The highest BCUT2D eigenvalue weighted by atomic mass is 32.2. The number of H-pyrrole nitrogens is 1. The zero-order valence-corrected chi connectivity index (χ0v) is 18.5. The van der Waals surface area contributed by atoms with Crippen molar-refractivity contribution >= 4 is 29.2 Å². The molecular weight excluding hydrogens is 454 g/mol. The maximum absolute atomic E-state index is 13.4. The van der Waals surface area contributed by atoms with E-state index in [0.717, 1.165) is 29.5 Å². The van der Waals surface area contributed by atoms with Crippen molar-refractivity contribution in [3.05, 3.63) is 86.6 Å². The Morgan fingerprint density at radius 1 is 1.12 bits per heavy atom. The number of hydrogen-bond acceptors (Lipinski definition) is 6. The molecule has 1 heterocycles. The summed E-state index contributed by atoms with van der Waals surface area (Å²) in [4.78, 5) is 40.2. The van der Waals surface area contributed by atoms with Gasteiger partial charge in [0.2, 0.25) is 5.91 Å². The minimum Gasteiger partial charge on any atom is -0.383 e. The fraction of sp³-hybridized carbons (Fsp3) is 0.227. The summed E-state index contributed by atoms with van der Waals surface area (Å²) in [6, 6.07) is 12.6. The van der Waals surface area contributed by atoms with Gasteiger partial charge in [0.1, 0.15) is 11.5 Å². The van der Waals surface area contributed by atoms with Crippen LogP contribution < -0.4 is 21.9 Å². The molecule has 0 unspecified atom stereocenters. The van der Waals surface area contributed by atoms with Crippen LogP contribution in [0.1, 0.15) is 5.56 Å². The Kier molecular flexibility index (Phi) is 8.39. The number of methoxy groups -OCH3 is 1. The highest BCUT2D eigenvalue weighted by Gasteiger charge is 2.18. The SMILES string of the molecule is COCCn1c(NC(=O)CSc2ccc(F)c(F)c2)c(NCc2ccccc2)c(=O)[nH]c1=O. The molecule has 3 aromatic rings. The van der Waals surface area contributed by atoms with Gasteiger partial charge in [-0.25, -0.2) is 13.6 Å². The first-order valence-corrected chi connectivity index (χ1v) is 10.9. The lowest BCUT2D eigenvalue weighted by atomic mass is 10.2. The van der Waals surface area contributed by atoms with Gasteiger partial charge in [0.15, 0.2) is 11.6 Å². The highest BCUT2D eigenvalue weighted by molar-refractivity contribution is 8.00. The molecule has 1 aromatic heterocycles. The summed E-state index contributed by atoms with van der Waals surface area (Å²) in [6.45, 7) is 0.521. The average Bonchev–Trinajstić information content (AvgIpc) is 2.80. The summed E-state index contributed by atoms with van der Waals surface area (Å²) < 4.78 is 32.7. The van der Waals surface area contributed by atoms with E-state index < -0.39 is 28.8 Å². The van der Waals surface area contributed by atoms with E-state index in [0.29, 0.717) is 4.90 Å². The fourth-order valence-electron chi connectivity index (χ4n) is 2.93. The molecule has 0 saturated heterocycles. The van der Waals surface area contributed by atoms with Crippen LogP contribution in [0.5, 0.6) is 0 Å². The van der Waals surface area contributed by atoms with Crippen LogP contribution in [0.25, 0.3) is 0 Å². The van der Waals surface area contributed by atoms with Gasteiger partial charge in [-0.2, -0.15) is 0 Å². The molecule has 3 rings (SSSR count). The van der Waals surface area contributed by atoms with E-state index in [9.17, 15) is 23.2 Å². The third-order valence-electron chi connectivity index (χ3n) is 4.55. The molecule has 0 radical (unpaired) electrons. The summed E-state index contributed by atoms with van der Waals surface area (Å²) in [6.07, 6.45) is 0. The number of amides is 1. The van der Waals surface area contributed by atoms with Crippen LogP contribution in [0.15, 0.2) is 63.0 Å². The third-order valence-corrected chi connectivity index (χ3v) is 5.54. The minimum atomic E-state index is -1.02. The van der Waals surface area contributed by atoms with Crippen molar-refractivity contribution < 1.29 is 18.3 Å². The molecule has 174 valence electrons. The van der Waals surface area contributed by atoms with Crippen molar-refractivity contribution in [2.45, 2.75) is 18.0 Å². The summed E-state index contributed by atoms with van der Waals surface area (Å²) in [7, 11) is 1.46. The van der Waals surface area contributed by atoms with Crippen LogP contribution in [0.4, 0.5) is 20.3 Å². The number of aromatic nitrogens is 2. The predicted molar refractivity (Wildman–Crippen MR) is 123 cm³/mol. The maximum atomic E-state index is 13.4. The number of carbonyl (C=O) groups excluding carboxylic acids is 1. The number of benzene rings is 2. The number of halogens is 2. The Labute approximate surface area is 192 Å². The molecule has 2 aromatic carbocycles. The van der Waals surface area contributed by atoms with E-state index in [-0.39, 0.29) is 37.0 Å². The van der Waals surface area contributed by atoms with Crippen LogP contribution in [0.2, 0.25) is 0 Å². The van der Waals surface area contributed by atoms with Crippen LogP contribution in [0, 0.1) is 11.6 Å². The molecule has 0 atom stereocenters. The second-order valence-corrected chi connectivity index (χ2v) is 7.93. The molecule has 0 bridgehead atoms. The molecular formula is C22H22F2N4O4S. The van der Waals surface area contributed by atoms with Crippen molar-refractivity contribution in [2.75, 3.05) is 30.1 Å². The van der Waals surface area contributed by atoms with Crippen molar-refractivity contribution in [2.24, 2.45) is 0 Å². The van der Waals surface area contributed by atoms with Crippen LogP contribution in [-0.2, 0) is 22.6 Å². The Balaban J connectivity index is 1.84. The number of thioether (sulfide) groups is 1. The number of ether oxygens (including phenoxy) is 1. The monoisotopic (exact) mass is 476 g/mol. The Hall–Kier alpha value is -3.44. The quantitative estimate of drug-likeness (QED) is 0.389. The van der Waals surface area contributed by atoms with E-state index in [1.165, 1.54) is 17.7 Å². The van der Waals surface area contributed by atoms with Gasteiger partial charge >= 0.3 is 5.69 Å². The topological polar surface area (TPSA) is 105 Å². The zero-order chi connectivity index (χ0) is 23.8. The third kappa shape index (κ3) is 6.53. The minimum absolute atomic E-state index is 0.00684. The van der Waals surface area contributed by atoms with Gasteiger partial charge in [-0.15, -0.1) is 11.8 Å². The second kappa shape index (κ2) is 11.4. The van der Waals surface area contributed by atoms with Crippen molar-refractivity contribution in [3.63, 3.8) is 0 Å². The molecule has 0 saturated carbocycles. The van der Waals surface area contributed by atoms with Gasteiger partial charge in [0.05, 0.1) is 18.9 Å². The van der Waals surface area contributed by atoms with Gasteiger partial charge in [-0.05, 0) is 23.8 Å². The molecule has 0 aliphatic heterocycles. The van der Waals surface area contributed by atoms with Gasteiger partial charge in [0, 0.05) is 18.6 Å². The van der Waals surface area contributed by atoms with Gasteiger partial charge in [-0.3, -0.25) is 19.1 Å². The summed E-state index contributed by atoms with van der Waals surface area (Å²) in [5.74, 6) is -2.70. The first kappa shape index (κ1) is 24.2. The molecule has 8 nitrogen and oxygen atoms in total. The smallest absolute Gasteiger partial charge is 0.330 e. The lowest BCUT2D eigenvalue weighted by Gasteiger charge is -2.17. The predicted octanol–water partition coefficient (Wildman–Crippen LogP) is 2.80. The summed E-state index contributed by atoms with van der Waals surface area (Å²) in [5, 5.41) is 5.58. The molecule has 33 heavy (non-hydrogen) atoms.